The molecular weight excluding hydrogens is 1120 g/mol. The Balaban J connectivity index is 0.977. The second kappa shape index (κ2) is 27.9. The number of rotatable bonds is 25. The van der Waals surface area contributed by atoms with Crippen LogP contribution < -0.4 is 39.7 Å². The van der Waals surface area contributed by atoms with Gasteiger partial charge in [-0.25, -0.2) is 19.1 Å². The molecular formula is C61H68ClN6O15P. The van der Waals surface area contributed by atoms with Gasteiger partial charge in [-0.3, -0.25) is 28.2 Å². The molecule has 3 aliphatic heterocycles. The van der Waals surface area contributed by atoms with Gasteiger partial charge >= 0.3 is 20.0 Å². The molecule has 0 aliphatic carbocycles. The second-order valence-electron chi connectivity index (χ2n) is 20.4. The van der Waals surface area contributed by atoms with Gasteiger partial charge in [0.05, 0.1) is 49.9 Å². The Labute approximate surface area is 492 Å². The number of phosphoric acid groups is 1. The highest BCUT2D eigenvalue weighted by Gasteiger charge is 2.46. The summed E-state index contributed by atoms with van der Waals surface area (Å²) in [4.78, 5) is 86.1. The summed E-state index contributed by atoms with van der Waals surface area (Å²) in [5.74, 6) is -1.80. The zero-order valence-corrected chi connectivity index (χ0v) is 48.7. The van der Waals surface area contributed by atoms with Crippen LogP contribution in [0.4, 0.5) is 26.7 Å². The molecule has 5 atom stereocenters. The number of carbonyl (C=O) groups is 6. The molecule has 8 rings (SSSR count). The zero-order chi connectivity index (χ0) is 60.2. The summed E-state index contributed by atoms with van der Waals surface area (Å²) in [5.41, 5.74) is 4.03. The summed E-state index contributed by atoms with van der Waals surface area (Å²) in [6, 6.07) is 22.9. The summed E-state index contributed by atoms with van der Waals surface area (Å²) < 4.78 is 53.8. The number of carbonyl (C=O) groups excluding carboxylic acids is 6. The van der Waals surface area contributed by atoms with Crippen molar-refractivity contribution in [2.75, 3.05) is 61.1 Å². The molecule has 0 bridgehead atoms. The van der Waals surface area contributed by atoms with E-state index in [4.69, 9.17) is 44.1 Å². The number of aliphatic hydroxyl groups is 1. The van der Waals surface area contributed by atoms with Gasteiger partial charge in [-0.2, -0.15) is 0 Å². The number of nitrogens with one attached hydrogen (secondary N) is 3. The van der Waals surface area contributed by atoms with Crippen molar-refractivity contribution in [2.45, 2.75) is 83.5 Å². The number of aliphatic hydroxyl groups excluding tert-OH is 1. The van der Waals surface area contributed by atoms with Crippen molar-refractivity contribution in [1.82, 2.24) is 15.5 Å². The monoisotopic (exact) mass is 1190 g/mol. The molecule has 6 amide bonds. The van der Waals surface area contributed by atoms with E-state index < -0.39 is 62.1 Å². The maximum absolute atomic E-state index is 14.7. The number of alkyl carbamates (subject to hydrolysis) is 1. The highest BCUT2D eigenvalue weighted by Crippen LogP contribution is 2.54. The number of alkyl halides is 1. The smallest absolute Gasteiger partial charge is 0.493 e. The van der Waals surface area contributed by atoms with E-state index in [1.807, 2.05) is 48.5 Å². The Morgan fingerprint density at radius 3 is 2.14 bits per heavy atom. The van der Waals surface area contributed by atoms with E-state index in [0.29, 0.717) is 22.3 Å². The SMILES string of the molecule is C=CCOC(=O)N[C@H](C(=O)N[C@@H](C)C(=O)Nc1ccc(COC(=O)N2c3cc(OCCCC(=O)N4C[C@@H](CCl)c5c4cc(OP(=O)(OCC=C)OCC=C)c4ccccc54)c(OC)cc3C(=O)N3Cc4ccccc4C[C@H]3C2O)cc1)C(C)C. The summed E-state index contributed by atoms with van der Waals surface area (Å²) >= 11 is 6.56. The van der Waals surface area contributed by atoms with Crippen LogP contribution in [0, 0.1) is 5.92 Å². The Morgan fingerprint density at radius 1 is 0.810 bits per heavy atom. The number of amides is 6. The third-order valence-corrected chi connectivity index (χ3v) is 16.1. The number of phosphoric ester groups is 1. The van der Waals surface area contributed by atoms with Crippen molar-refractivity contribution >= 4 is 83.1 Å². The van der Waals surface area contributed by atoms with Crippen LogP contribution in [0.25, 0.3) is 10.8 Å². The minimum atomic E-state index is -4.20. The van der Waals surface area contributed by atoms with Crippen LogP contribution in [0.15, 0.2) is 129 Å². The molecule has 0 aromatic heterocycles. The number of hydrogen-bond donors (Lipinski definition) is 4. The first kappa shape index (κ1) is 61.9. The summed E-state index contributed by atoms with van der Waals surface area (Å²) in [6.45, 7) is 15.5. The lowest BCUT2D eigenvalue weighted by atomic mass is 9.93. The molecule has 444 valence electrons. The molecule has 5 aromatic rings. The van der Waals surface area contributed by atoms with E-state index in [1.54, 1.807) is 49.1 Å². The van der Waals surface area contributed by atoms with Crippen molar-refractivity contribution < 1.29 is 71.0 Å². The minimum absolute atomic E-state index is 0.000119. The molecule has 0 radical (unpaired) electrons. The quantitative estimate of drug-likeness (QED) is 0.0184. The average molecular weight is 1190 g/mol. The second-order valence-corrected chi connectivity index (χ2v) is 22.3. The highest BCUT2D eigenvalue weighted by molar-refractivity contribution is 7.49. The zero-order valence-electron chi connectivity index (χ0n) is 47.1. The standard InChI is InChI=1S/C61H68ClN6O15P/c1-8-25-79-60(74)65-55(37(4)5)57(71)63-38(6)56(70)64-43-23-21-39(22-24-43)36-80-61(75)68-47-31-52(51(77-7)30-46(47)58(72)67-34-41-17-12-11-16-40(41)29-49(67)59(68)73)78-28-15-20-53(69)66-35-42(33-62)54-45-19-14-13-18-44(45)50(32-48(54)66)83-84(76,81-26-9-2)82-27-10-3/h8-14,16-19,21-24,30-32,37-38,42,49,55,59,73H,1-3,15,20,25-29,33-36H2,4-7H3,(H,63,71)(H,64,70)(H,65,74)/t38-,42+,49-,55-,59?/m0/s1. The molecule has 0 fully saturated rings. The van der Waals surface area contributed by atoms with Gasteiger partial charge in [-0.1, -0.05) is 99.3 Å². The minimum Gasteiger partial charge on any atom is -0.493 e. The number of fused-ring (bicyclic) bond motifs is 6. The lowest BCUT2D eigenvalue weighted by Crippen LogP contribution is -2.55. The number of halogens is 1. The Morgan fingerprint density at radius 2 is 1.48 bits per heavy atom. The summed E-state index contributed by atoms with van der Waals surface area (Å²) in [5, 5.41) is 21.5. The fourth-order valence-corrected chi connectivity index (χ4v) is 11.5. The topological polar surface area (TPSA) is 250 Å². The number of methoxy groups -OCH3 is 1. The molecule has 0 spiro atoms. The van der Waals surface area contributed by atoms with Gasteiger partial charge in [0.2, 0.25) is 17.7 Å². The molecule has 0 saturated carbocycles. The number of hydrogen-bond acceptors (Lipinski definition) is 15. The lowest BCUT2D eigenvalue weighted by Gasteiger charge is -2.39. The van der Waals surface area contributed by atoms with E-state index in [9.17, 15) is 38.4 Å². The molecule has 3 heterocycles. The predicted octanol–water partition coefficient (Wildman–Crippen LogP) is 9.69. The van der Waals surface area contributed by atoms with Crippen LogP contribution in [0.3, 0.4) is 0 Å². The van der Waals surface area contributed by atoms with Crippen LogP contribution in [0.2, 0.25) is 0 Å². The molecule has 1 unspecified atom stereocenters. The summed E-state index contributed by atoms with van der Waals surface area (Å²) in [6.07, 6.45) is 1.24. The van der Waals surface area contributed by atoms with E-state index in [1.165, 1.54) is 49.3 Å². The van der Waals surface area contributed by atoms with Gasteiger partial charge in [0.1, 0.15) is 31.0 Å². The predicted molar refractivity (Wildman–Crippen MR) is 316 cm³/mol. The highest BCUT2D eigenvalue weighted by atomic mass is 35.5. The van der Waals surface area contributed by atoms with Crippen LogP contribution in [-0.4, -0.2) is 116 Å². The van der Waals surface area contributed by atoms with Gasteiger partial charge < -0.3 is 54.3 Å². The Bertz CT molecular complexity index is 3340. The molecule has 21 nitrogen and oxygen atoms in total. The largest absolute Gasteiger partial charge is 0.530 e. The van der Waals surface area contributed by atoms with E-state index in [-0.39, 0.29) is 118 Å². The maximum atomic E-state index is 14.7. The van der Waals surface area contributed by atoms with Gasteiger partial charge in [0, 0.05) is 54.5 Å². The Kier molecular flexibility index (Phi) is 20.6. The fraction of sp³-hybridized carbons (Fsp3) is 0.344. The third kappa shape index (κ3) is 14.1. The first-order valence-electron chi connectivity index (χ1n) is 27.3. The van der Waals surface area contributed by atoms with Gasteiger partial charge in [0.15, 0.2) is 17.7 Å². The van der Waals surface area contributed by atoms with Crippen LogP contribution in [-0.2, 0) is 57.0 Å². The van der Waals surface area contributed by atoms with Crippen molar-refractivity contribution in [3.05, 3.63) is 157 Å². The lowest BCUT2D eigenvalue weighted by molar-refractivity contribution is -0.128. The molecule has 3 aliphatic rings. The molecule has 84 heavy (non-hydrogen) atoms. The molecule has 5 aromatic carbocycles. The third-order valence-electron chi connectivity index (χ3n) is 14.3. The average Bonchev–Trinajstić information content (AvgIpc) is 2.01. The normalized spacial score (nSPS) is 16.8. The first-order valence-corrected chi connectivity index (χ1v) is 29.3. The van der Waals surface area contributed by atoms with Crippen LogP contribution in [0.1, 0.15) is 72.1 Å². The van der Waals surface area contributed by atoms with E-state index >= 15 is 0 Å². The summed E-state index contributed by atoms with van der Waals surface area (Å²) in [7, 11) is -2.80. The Hall–Kier alpha value is -8.20. The number of nitrogens with zero attached hydrogens (tertiary/aromatic N) is 3. The van der Waals surface area contributed by atoms with Crippen molar-refractivity contribution in [3.8, 4) is 17.2 Å². The molecule has 4 N–H and O–H groups in total. The molecule has 23 heteroatoms. The van der Waals surface area contributed by atoms with Crippen LogP contribution >= 0.6 is 19.4 Å². The van der Waals surface area contributed by atoms with Gasteiger partial charge in [0.25, 0.3) is 5.91 Å². The number of ether oxygens (including phenoxy) is 4. The first-order chi connectivity index (χ1) is 40.4. The van der Waals surface area contributed by atoms with E-state index in [0.717, 1.165) is 27.0 Å². The number of anilines is 3. The van der Waals surface area contributed by atoms with E-state index in [2.05, 4.69) is 35.7 Å². The van der Waals surface area contributed by atoms with Gasteiger partial charge in [-0.15, -0.1) is 24.8 Å². The fourth-order valence-electron chi connectivity index (χ4n) is 10.1. The van der Waals surface area contributed by atoms with Gasteiger partial charge in [-0.05, 0) is 71.5 Å². The van der Waals surface area contributed by atoms with Crippen molar-refractivity contribution in [3.63, 3.8) is 0 Å². The van der Waals surface area contributed by atoms with Crippen molar-refractivity contribution in [1.29, 1.82) is 0 Å². The molecule has 0 saturated heterocycles. The van der Waals surface area contributed by atoms with Crippen LogP contribution in [0.5, 0.6) is 17.2 Å². The van der Waals surface area contributed by atoms with Crippen molar-refractivity contribution in [2.24, 2.45) is 5.92 Å². The maximum Gasteiger partial charge on any atom is 0.530 e. The number of benzene rings is 5.